The predicted molar refractivity (Wildman–Crippen MR) is 118 cm³/mol. The van der Waals surface area contributed by atoms with Crippen molar-refractivity contribution in [1.82, 2.24) is 4.90 Å². The van der Waals surface area contributed by atoms with Crippen molar-refractivity contribution in [2.24, 2.45) is 4.99 Å². The first kappa shape index (κ1) is 19.6. The Morgan fingerprint density at radius 1 is 1.07 bits per heavy atom. The monoisotopic (exact) mass is 452 g/mol. The predicted octanol–water partition coefficient (Wildman–Crippen LogP) is 4.59. The van der Waals surface area contributed by atoms with E-state index in [-0.39, 0.29) is 12.5 Å². The number of aliphatic imine (C=N–C) groups is 1. The van der Waals surface area contributed by atoms with Crippen molar-refractivity contribution < 1.29 is 14.3 Å². The molecule has 1 aliphatic rings. The molecule has 0 saturated carbocycles. The van der Waals surface area contributed by atoms with E-state index >= 15 is 0 Å². The lowest BCUT2D eigenvalue weighted by Gasteiger charge is -2.26. The van der Waals surface area contributed by atoms with Crippen LogP contribution in [0.25, 0.3) is 10.8 Å². The summed E-state index contributed by atoms with van der Waals surface area (Å²) in [6.45, 7) is 2.42. The Morgan fingerprint density at radius 2 is 1.86 bits per heavy atom. The molecule has 148 valence electrons. The van der Waals surface area contributed by atoms with Gasteiger partial charge in [-0.05, 0) is 62.6 Å². The van der Waals surface area contributed by atoms with Crippen LogP contribution < -0.4 is 4.74 Å². The van der Waals surface area contributed by atoms with Crippen molar-refractivity contribution >= 4 is 44.5 Å². The smallest absolute Gasteiger partial charge is 0.260 e. The largest absolute Gasteiger partial charge is 0.483 e. The molecule has 0 unspecified atom stereocenters. The molecule has 0 atom stereocenters. The molecule has 1 heterocycles. The maximum absolute atomic E-state index is 12.2. The SMILES string of the molecule is O=C(COc1ccc(C=Nc2ccc3ccccc3c2)cc1Br)N1CCOCC1. The third-order valence-electron chi connectivity index (χ3n) is 4.77. The highest BCUT2D eigenvalue weighted by Gasteiger charge is 2.17. The van der Waals surface area contributed by atoms with Gasteiger partial charge in [0.1, 0.15) is 5.75 Å². The second-order valence-electron chi connectivity index (χ2n) is 6.76. The zero-order chi connectivity index (χ0) is 20.1. The van der Waals surface area contributed by atoms with E-state index in [1.807, 2.05) is 42.6 Å². The Labute approximate surface area is 178 Å². The van der Waals surface area contributed by atoms with Gasteiger partial charge < -0.3 is 14.4 Å². The number of hydrogen-bond donors (Lipinski definition) is 0. The molecule has 1 aliphatic heterocycles. The van der Waals surface area contributed by atoms with Crippen molar-refractivity contribution in [1.29, 1.82) is 0 Å². The van der Waals surface area contributed by atoms with Gasteiger partial charge in [-0.2, -0.15) is 0 Å². The number of benzene rings is 3. The van der Waals surface area contributed by atoms with E-state index in [1.54, 1.807) is 4.90 Å². The number of halogens is 1. The zero-order valence-corrected chi connectivity index (χ0v) is 17.5. The van der Waals surface area contributed by atoms with Gasteiger partial charge in [0.25, 0.3) is 5.91 Å². The molecule has 4 rings (SSSR count). The van der Waals surface area contributed by atoms with E-state index in [1.165, 1.54) is 5.39 Å². The molecule has 0 N–H and O–H groups in total. The molecule has 0 spiro atoms. The lowest BCUT2D eigenvalue weighted by molar-refractivity contribution is -0.137. The summed E-state index contributed by atoms with van der Waals surface area (Å²) in [5, 5.41) is 2.36. The second-order valence-corrected chi connectivity index (χ2v) is 7.62. The highest BCUT2D eigenvalue weighted by atomic mass is 79.9. The zero-order valence-electron chi connectivity index (χ0n) is 15.9. The summed E-state index contributed by atoms with van der Waals surface area (Å²) >= 11 is 3.52. The molecule has 3 aromatic rings. The fraction of sp³-hybridized carbons (Fsp3) is 0.217. The summed E-state index contributed by atoms with van der Waals surface area (Å²) in [5.74, 6) is 0.608. The average molecular weight is 453 g/mol. The highest BCUT2D eigenvalue weighted by Crippen LogP contribution is 2.26. The molecule has 1 amide bonds. The minimum Gasteiger partial charge on any atom is -0.483 e. The van der Waals surface area contributed by atoms with E-state index < -0.39 is 0 Å². The third kappa shape index (κ3) is 5.02. The quantitative estimate of drug-likeness (QED) is 0.531. The van der Waals surface area contributed by atoms with Gasteiger partial charge in [-0.25, -0.2) is 0 Å². The summed E-state index contributed by atoms with van der Waals surface area (Å²) in [7, 11) is 0. The van der Waals surface area contributed by atoms with Crippen LogP contribution in [0.15, 0.2) is 70.1 Å². The molecular formula is C23H21BrN2O3. The highest BCUT2D eigenvalue weighted by molar-refractivity contribution is 9.10. The van der Waals surface area contributed by atoms with Crippen molar-refractivity contribution in [3.63, 3.8) is 0 Å². The summed E-state index contributed by atoms with van der Waals surface area (Å²) in [6.07, 6.45) is 1.82. The van der Waals surface area contributed by atoms with Crippen LogP contribution in [0.3, 0.4) is 0 Å². The van der Waals surface area contributed by atoms with E-state index in [4.69, 9.17) is 9.47 Å². The van der Waals surface area contributed by atoms with Crippen LogP contribution >= 0.6 is 15.9 Å². The number of ether oxygens (including phenoxy) is 2. The number of carbonyl (C=O) groups excluding carboxylic acids is 1. The Bertz CT molecular complexity index is 1050. The van der Waals surface area contributed by atoms with E-state index in [0.717, 1.165) is 21.1 Å². The Kier molecular flexibility index (Phi) is 6.22. The Balaban J connectivity index is 1.39. The van der Waals surface area contributed by atoms with Gasteiger partial charge in [0.2, 0.25) is 0 Å². The topological polar surface area (TPSA) is 51.1 Å². The van der Waals surface area contributed by atoms with Crippen LogP contribution in [0.1, 0.15) is 5.56 Å². The van der Waals surface area contributed by atoms with Crippen molar-refractivity contribution in [2.75, 3.05) is 32.9 Å². The second kappa shape index (κ2) is 9.20. The van der Waals surface area contributed by atoms with Gasteiger partial charge >= 0.3 is 0 Å². The standard InChI is InChI=1S/C23H21BrN2O3/c24-21-13-17(15-25-20-7-6-18-3-1-2-4-19(18)14-20)5-8-22(21)29-16-23(27)26-9-11-28-12-10-26/h1-8,13-15H,9-12,16H2. The van der Waals surface area contributed by atoms with Crippen molar-refractivity contribution in [2.45, 2.75) is 0 Å². The number of morpholine rings is 1. The van der Waals surface area contributed by atoms with Crippen molar-refractivity contribution in [3.05, 3.63) is 70.7 Å². The normalized spacial score (nSPS) is 14.4. The van der Waals surface area contributed by atoms with E-state index in [9.17, 15) is 4.79 Å². The Morgan fingerprint density at radius 3 is 2.66 bits per heavy atom. The first-order chi connectivity index (χ1) is 14.2. The van der Waals surface area contributed by atoms with Crippen molar-refractivity contribution in [3.8, 4) is 5.75 Å². The van der Waals surface area contributed by atoms with Crippen LogP contribution in [-0.2, 0) is 9.53 Å². The molecule has 0 bridgehead atoms. The summed E-state index contributed by atoms with van der Waals surface area (Å²) in [5.41, 5.74) is 1.84. The minimum atomic E-state index is -0.0258. The molecule has 0 aliphatic carbocycles. The lowest BCUT2D eigenvalue weighted by Crippen LogP contribution is -2.43. The fourth-order valence-corrected chi connectivity index (χ4v) is 3.68. The maximum atomic E-state index is 12.2. The van der Waals surface area contributed by atoms with Gasteiger partial charge in [-0.15, -0.1) is 0 Å². The van der Waals surface area contributed by atoms with Gasteiger partial charge in [-0.1, -0.05) is 30.3 Å². The first-order valence-corrected chi connectivity index (χ1v) is 10.3. The van der Waals surface area contributed by atoms with Gasteiger partial charge in [0.05, 0.1) is 23.4 Å². The molecule has 0 radical (unpaired) electrons. The number of hydrogen-bond acceptors (Lipinski definition) is 4. The molecule has 0 aromatic heterocycles. The number of fused-ring (bicyclic) bond motifs is 1. The molecule has 1 saturated heterocycles. The van der Waals surface area contributed by atoms with Gasteiger partial charge in [0, 0.05) is 19.3 Å². The number of carbonyl (C=O) groups is 1. The molecule has 5 nitrogen and oxygen atoms in total. The fourth-order valence-electron chi connectivity index (χ4n) is 3.16. The Hall–Kier alpha value is -2.70. The minimum absolute atomic E-state index is 0.0170. The molecule has 3 aromatic carbocycles. The van der Waals surface area contributed by atoms with Crippen LogP contribution in [0, 0.1) is 0 Å². The van der Waals surface area contributed by atoms with Gasteiger partial charge in [0.15, 0.2) is 6.61 Å². The summed E-state index contributed by atoms with van der Waals surface area (Å²) in [4.78, 5) is 18.6. The van der Waals surface area contributed by atoms with Crippen LogP contribution in [0.2, 0.25) is 0 Å². The number of amides is 1. The molecule has 6 heteroatoms. The number of nitrogens with zero attached hydrogens (tertiary/aromatic N) is 2. The third-order valence-corrected chi connectivity index (χ3v) is 5.39. The molecular weight excluding hydrogens is 432 g/mol. The molecule has 29 heavy (non-hydrogen) atoms. The summed E-state index contributed by atoms with van der Waals surface area (Å²) < 4.78 is 11.7. The van der Waals surface area contributed by atoms with Crippen LogP contribution in [0.4, 0.5) is 5.69 Å². The summed E-state index contributed by atoms with van der Waals surface area (Å²) in [6, 6.07) is 20.0. The van der Waals surface area contributed by atoms with E-state index in [2.05, 4.69) is 45.2 Å². The van der Waals surface area contributed by atoms with Crippen LogP contribution in [-0.4, -0.2) is 49.9 Å². The van der Waals surface area contributed by atoms with Crippen LogP contribution in [0.5, 0.6) is 5.75 Å². The van der Waals surface area contributed by atoms with E-state index in [0.29, 0.717) is 32.1 Å². The maximum Gasteiger partial charge on any atom is 0.260 e. The average Bonchev–Trinajstić information content (AvgIpc) is 2.77. The first-order valence-electron chi connectivity index (χ1n) is 9.50. The number of rotatable bonds is 5. The molecule has 1 fully saturated rings. The lowest BCUT2D eigenvalue weighted by atomic mass is 10.1. The van der Waals surface area contributed by atoms with Gasteiger partial charge in [-0.3, -0.25) is 9.79 Å².